The fourth-order valence-electron chi connectivity index (χ4n) is 3.21. The lowest BCUT2D eigenvalue weighted by molar-refractivity contribution is 0.0600. The van der Waals surface area contributed by atoms with Crippen LogP contribution in [0.4, 0.5) is 5.69 Å². The van der Waals surface area contributed by atoms with Crippen molar-refractivity contribution >= 4 is 41.1 Å². The number of rotatable bonds is 4. The fraction of sp³-hybridized carbons (Fsp3) is 0.154. The van der Waals surface area contributed by atoms with Crippen LogP contribution in [0.25, 0.3) is 0 Å². The van der Waals surface area contributed by atoms with Crippen LogP contribution in [0.1, 0.15) is 42.0 Å². The molecule has 0 unspecified atom stereocenters. The van der Waals surface area contributed by atoms with Gasteiger partial charge in [0.05, 0.1) is 17.3 Å². The van der Waals surface area contributed by atoms with E-state index in [1.807, 2.05) is 78.1 Å². The lowest BCUT2D eigenvalue weighted by atomic mass is 10.1. The Bertz CT molecular complexity index is 1190. The monoisotopic (exact) mass is 459 g/mol. The molecule has 1 saturated heterocycles. The molecule has 0 radical (unpaired) electrons. The molecule has 1 heterocycles. The van der Waals surface area contributed by atoms with E-state index in [1.54, 1.807) is 18.2 Å². The maximum Gasteiger partial charge on any atom is 0.337 e. The summed E-state index contributed by atoms with van der Waals surface area (Å²) < 4.78 is 5.21. The molecule has 0 aliphatic carbocycles. The maximum absolute atomic E-state index is 12.7. The van der Waals surface area contributed by atoms with E-state index < -0.39 is 5.97 Å². The van der Waals surface area contributed by atoms with Gasteiger partial charge in [-0.2, -0.15) is 0 Å². The van der Waals surface area contributed by atoms with Gasteiger partial charge in [-0.05, 0) is 54.1 Å². The first kappa shape index (κ1) is 22.1. The highest BCUT2D eigenvalue weighted by Crippen LogP contribution is 2.45. The van der Waals surface area contributed by atoms with Gasteiger partial charge in [-0.15, -0.1) is 23.5 Å². The highest BCUT2D eigenvalue weighted by atomic mass is 32.2. The second kappa shape index (κ2) is 10.4. The second-order valence-corrected chi connectivity index (χ2v) is 9.78. The Balaban J connectivity index is 1.44. The van der Waals surface area contributed by atoms with Crippen LogP contribution in [0.2, 0.25) is 0 Å². The molecule has 1 fully saturated rings. The summed E-state index contributed by atoms with van der Waals surface area (Å²) in [4.78, 5) is 24.3. The van der Waals surface area contributed by atoms with Crippen molar-refractivity contribution in [1.29, 1.82) is 0 Å². The van der Waals surface area contributed by atoms with Crippen LogP contribution in [-0.4, -0.2) is 30.5 Å². The molecule has 0 atom stereocenters. The summed E-state index contributed by atoms with van der Waals surface area (Å²) in [5.74, 6) is 7.93. The van der Waals surface area contributed by atoms with E-state index in [-0.39, 0.29) is 5.91 Å². The van der Waals surface area contributed by atoms with Gasteiger partial charge < -0.3 is 10.1 Å². The average molecular weight is 460 g/mol. The van der Waals surface area contributed by atoms with Gasteiger partial charge in [0.2, 0.25) is 0 Å². The number of nitrogens with one attached hydrogen (secondary N) is 1. The van der Waals surface area contributed by atoms with Crippen molar-refractivity contribution in [3.63, 3.8) is 0 Å². The van der Waals surface area contributed by atoms with Gasteiger partial charge in [-0.3, -0.25) is 4.79 Å². The van der Waals surface area contributed by atoms with Crippen LogP contribution < -0.4 is 5.32 Å². The molecule has 1 aliphatic heterocycles. The summed E-state index contributed by atoms with van der Waals surface area (Å²) in [6, 6.07) is 22.2. The molecule has 1 amide bonds. The highest BCUT2D eigenvalue weighted by Gasteiger charge is 2.18. The maximum atomic E-state index is 12.7. The van der Waals surface area contributed by atoms with Gasteiger partial charge in [0, 0.05) is 33.9 Å². The van der Waals surface area contributed by atoms with Crippen LogP contribution in [0.3, 0.4) is 0 Å². The number of anilines is 1. The van der Waals surface area contributed by atoms with Crippen molar-refractivity contribution < 1.29 is 14.3 Å². The summed E-state index contributed by atoms with van der Waals surface area (Å²) in [7, 11) is 1.35. The lowest BCUT2D eigenvalue weighted by Crippen LogP contribution is -2.11. The molecule has 1 aliphatic rings. The fourth-order valence-corrected chi connectivity index (χ4v) is 6.07. The minimum atomic E-state index is -0.396. The third-order valence-corrected chi connectivity index (χ3v) is 7.93. The Morgan fingerprint density at radius 1 is 0.875 bits per heavy atom. The third-order valence-electron chi connectivity index (χ3n) is 4.82. The Labute approximate surface area is 196 Å². The molecular formula is C26H21NO3S2. The van der Waals surface area contributed by atoms with Crippen LogP contribution in [0.15, 0.2) is 72.8 Å². The summed E-state index contributed by atoms with van der Waals surface area (Å²) in [5, 5.41) is 2.94. The quantitative estimate of drug-likeness (QED) is 0.406. The van der Waals surface area contributed by atoms with Crippen molar-refractivity contribution in [3.05, 3.63) is 101 Å². The number of methoxy groups -OCH3 is 1. The number of carbonyl (C=O) groups is 2. The second-order valence-electron chi connectivity index (χ2n) is 7.05. The minimum absolute atomic E-state index is 0.154. The molecule has 6 heteroatoms. The zero-order chi connectivity index (χ0) is 22.3. The molecule has 0 aromatic heterocycles. The predicted octanol–water partition coefficient (Wildman–Crippen LogP) is 5.60. The third kappa shape index (κ3) is 5.56. The molecule has 4 rings (SSSR count). The van der Waals surface area contributed by atoms with E-state index in [2.05, 4.69) is 17.2 Å². The normalized spacial score (nSPS) is 13.2. The molecule has 4 nitrogen and oxygen atoms in total. The molecule has 3 aromatic carbocycles. The minimum Gasteiger partial charge on any atom is -0.465 e. The van der Waals surface area contributed by atoms with Gasteiger partial charge in [-0.1, -0.05) is 36.1 Å². The Kier molecular flexibility index (Phi) is 7.21. The summed E-state index contributed by atoms with van der Waals surface area (Å²) in [5.41, 5.74) is 4.48. The largest absolute Gasteiger partial charge is 0.465 e. The topological polar surface area (TPSA) is 55.4 Å². The Morgan fingerprint density at radius 2 is 1.53 bits per heavy atom. The van der Waals surface area contributed by atoms with Gasteiger partial charge >= 0.3 is 5.97 Å². The number of thioether (sulfide) groups is 2. The molecule has 0 spiro atoms. The SMILES string of the molecule is COC(=O)c1cccc(C#Cc2cccc(NC(=O)c3ccc(C4SCCS4)cc3)c2)c1. The van der Waals surface area contributed by atoms with Crippen molar-refractivity contribution in [2.24, 2.45) is 0 Å². The number of hydrogen-bond donors (Lipinski definition) is 1. The van der Waals surface area contributed by atoms with Crippen LogP contribution >= 0.6 is 23.5 Å². The van der Waals surface area contributed by atoms with E-state index in [1.165, 1.54) is 24.2 Å². The van der Waals surface area contributed by atoms with E-state index in [9.17, 15) is 9.59 Å². The van der Waals surface area contributed by atoms with E-state index in [4.69, 9.17) is 4.74 Å². The van der Waals surface area contributed by atoms with E-state index in [0.717, 1.165) is 5.56 Å². The number of amides is 1. The number of esters is 1. The molecule has 0 bridgehead atoms. The van der Waals surface area contributed by atoms with Crippen LogP contribution in [0, 0.1) is 11.8 Å². The molecular weight excluding hydrogens is 438 g/mol. The van der Waals surface area contributed by atoms with Gasteiger partial charge in [-0.25, -0.2) is 4.79 Å². The van der Waals surface area contributed by atoms with E-state index in [0.29, 0.717) is 27.0 Å². The standard InChI is InChI=1S/C26H21NO3S2/c1-30-25(29)22-6-2-4-18(16-22)8-9-19-5-3-7-23(17-19)27-24(28)20-10-12-21(13-11-20)26-31-14-15-32-26/h2-7,10-13,16-17,26H,14-15H2,1H3,(H,27,28). The molecule has 3 aromatic rings. The number of ether oxygens (including phenoxy) is 1. The van der Waals surface area contributed by atoms with Gasteiger partial charge in [0.1, 0.15) is 0 Å². The van der Waals surface area contributed by atoms with Gasteiger partial charge in [0.25, 0.3) is 5.91 Å². The first-order chi connectivity index (χ1) is 15.6. The Morgan fingerprint density at radius 3 is 2.22 bits per heavy atom. The Hall–Kier alpha value is -3.14. The summed E-state index contributed by atoms with van der Waals surface area (Å²) in [6.07, 6.45) is 0. The van der Waals surface area contributed by atoms with Crippen LogP contribution in [-0.2, 0) is 4.74 Å². The summed E-state index contributed by atoms with van der Waals surface area (Å²) >= 11 is 3.89. The zero-order valence-corrected chi connectivity index (χ0v) is 19.1. The average Bonchev–Trinajstić information content (AvgIpc) is 3.38. The predicted molar refractivity (Wildman–Crippen MR) is 132 cm³/mol. The lowest BCUT2D eigenvalue weighted by Gasteiger charge is -2.10. The molecule has 0 saturated carbocycles. The van der Waals surface area contributed by atoms with Crippen molar-refractivity contribution in [3.8, 4) is 11.8 Å². The number of benzene rings is 3. The molecule has 1 N–H and O–H groups in total. The molecule has 32 heavy (non-hydrogen) atoms. The van der Waals surface area contributed by atoms with Crippen molar-refractivity contribution in [2.45, 2.75) is 4.58 Å². The van der Waals surface area contributed by atoms with E-state index >= 15 is 0 Å². The van der Waals surface area contributed by atoms with Gasteiger partial charge in [0.15, 0.2) is 0 Å². The zero-order valence-electron chi connectivity index (χ0n) is 17.5. The number of carbonyl (C=O) groups excluding carboxylic acids is 2. The number of hydrogen-bond acceptors (Lipinski definition) is 5. The summed E-state index contributed by atoms with van der Waals surface area (Å²) in [6.45, 7) is 0. The smallest absolute Gasteiger partial charge is 0.337 e. The first-order valence-corrected chi connectivity index (χ1v) is 12.2. The first-order valence-electron chi connectivity index (χ1n) is 10.1. The van der Waals surface area contributed by atoms with Crippen molar-refractivity contribution in [1.82, 2.24) is 0 Å². The van der Waals surface area contributed by atoms with Crippen molar-refractivity contribution in [2.75, 3.05) is 23.9 Å². The van der Waals surface area contributed by atoms with Crippen LogP contribution in [0.5, 0.6) is 0 Å². The highest BCUT2D eigenvalue weighted by molar-refractivity contribution is 8.19. The molecule has 160 valence electrons.